The number of imide groups is 1. The van der Waals surface area contributed by atoms with E-state index >= 15 is 0 Å². The first kappa shape index (κ1) is 19.6. The number of thioether (sulfide) groups is 1. The van der Waals surface area contributed by atoms with Gasteiger partial charge in [-0.25, -0.2) is 8.42 Å². The Morgan fingerprint density at radius 1 is 1.26 bits per heavy atom. The number of benzene rings is 1. The van der Waals surface area contributed by atoms with Gasteiger partial charge in [-0.05, 0) is 24.5 Å². The van der Waals surface area contributed by atoms with E-state index in [1.165, 1.54) is 11.8 Å². The average Bonchev–Trinajstić information content (AvgIpc) is 3.16. The molecule has 0 saturated carbocycles. The van der Waals surface area contributed by atoms with Crippen LogP contribution in [0.1, 0.15) is 22.6 Å². The fourth-order valence-electron chi connectivity index (χ4n) is 2.89. The molecule has 1 aliphatic heterocycles. The van der Waals surface area contributed by atoms with E-state index < -0.39 is 21.7 Å². The number of carbonyl (C=O) groups excluding carboxylic acids is 2. The van der Waals surface area contributed by atoms with Crippen molar-refractivity contribution >= 4 is 33.4 Å². The lowest BCUT2D eigenvalue weighted by molar-refractivity contribution is -0.117. The molecule has 1 fully saturated rings. The lowest BCUT2D eigenvalue weighted by Gasteiger charge is -2.07. The molecule has 0 spiro atoms. The van der Waals surface area contributed by atoms with Crippen LogP contribution >= 0.6 is 11.8 Å². The number of nitrogens with zero attached hydrogens (tertiary/aromatic N) is 3. The van der Waals surface area contributed by atoms with Gasteiger partial charge in [0.25, 0.3) is 5.91 Å². The lowest BCUT2D eigenvalue weighted by atomic mass is 10.1. The summed E-state index contributed by atoms with van der Waals surface area (Å²) >= 11 is 1.18. The van der Waals surface area contributed by atoms with Crippen LogP contribution in [0.25, 0.3) is 0 Å². The lowest BCUT2D eigenvalue weighted by Crippen LogP contribution is -2.31. The Labute approximate surface area is 161 Å². The number of carbonyl (C=O) groups is 2. The van der Waals surface area contributed by atoms with E-state index in [0.717, 1.165) is 0 Å². The van der Waals surface area contributed by atoms with E-state index in [0.29, 0.717) is 29.4 Å². The van der Waals surface area contributed by atoms with Crippen molar-refractivity contribution in [1.29, 1.82) is 0 Å². The molecule has 1 aromatic carbocycles. The second kappa shape index (κ2) is 8.22. The number of aromatic nitrogens is 3. The third-order valence-electron chi connectivity index (χ3n) is 4.34. The Morgan fingerprint density at radius 2 is 2.00 bits per heavy atom. The topological polar surface area (TPSA) is 111 Å². The first-order valence-corrected chi connectivity index (χ1v) is 11.3. The zero-order valence-corrected chi connectivity index (χ0v) is 16.4. The van der Waals surface area contributed by atoms with E-state index in [4.69, 9.17) is 0 Å². The molecule has 1 aliphatic rings. The molecular weight excluding hydrogens is 388 g/mol. The summed E-state index contributed by atoms with van der Waals surface area (Å²) in [6, 6.07) is 8.51. The third-order valence-corrected chi connectivity index (χ3v) is 7.20. The molecule has 1 aromatic heterocycles. The van der Waals surface area contributed by atoms with Crippen molar-refractivity contribution in [2.75, 3.05) is 17.3 Å². The van der Waals surface area contributed by atoms with Crippen LogP contribution < -0.4 is 5.32 Å². The predicted octanol–water partition coefficient (Wildman–Crippen LogP) is 0.841. The van der Waals surface area contributed by atoms with E-state index in [2.05, 4.69) is 15.5 Å². The molecule has 1 saturated heterocycles. The fraction of sp³-hybridized carbons (Fsp3) is 0.412. The minimum absolute atomic E-state index is 0.0301. The van der Waals surface area contributed by atoms with Crippen LogP contribution in [0.4, 0.5) is 0 Å². The largest absolute Gasteiger partial charge is 0.309 e. The van der Waals surface area contributed by atoms with Gasteiger partial charge < -0.3 is 4.57 Å². The van der Waals surface area contributed by atoms with Gasteiger partial charge in [0.1, 0.15) is 5.82 Å². The summed E-state index contributed by atoms with van der Waals surface area (Å²) in [5.41, 5.74) is 0.420. The number of nitrogens with one attached hydrogen (secondary N) is 1. The molecule has 27 heavy (non-hydrogen) atoms. The highest BCUT2D eigenvalue weighted by Crippen LogP contribution is 2.23. The Kier molecular flexibility index (Phi) is 5.95. The van der Waals surface area contributed by atoms with E-state index in [1.54, 1.807) is 41.9 Å². The quantitative estimate of drug-likeness (QED) is 0.705. The van der Waals surface area contributed by atoms with Crippen molar-refractivity contribution in [1.82, 2.24) is 20.1 Å². The van der Waals surface area contributed by atoms with Gasteiger partial charge in [-0.15, -0.1) is 10.2 Å². The van der Waals surface area contributed by atoms with Crippen LogP contribution in [-0.4, -0.2) is 52.3 Å². The van der Waals surface area contributed by atoms with Gasteiger partial charge in [0.2, 0.25) is 5.91 Å². The van der Waals surface area contributed by atoms with Gasteiger partial charge in [-0.2, -0.15) is 0 Å². The molecule has 0 aliphatic carbocycles. The van der Waals surface area contributed by atoms with E-state index in [-0.39, 0.29) is 23.2 Å². The summed E-state index contributed by atoms with van der Waals surface area (Å²) < 4.78 is 24.9. The summed E-state index contributed by atoms with van der Waals surface area (Å²) in [5.74, 6) is 0.340. The molecule has 1 atom stereocenters. The summed E-state index contributed by atoms with van der Waals surface area (Å²) in [7, 11) is -1.14. The molecule has 8 nitrogen and oxygen atoms in total. The molecular formula is C17H20N4O4S2. The van der Waals surface area contributed by atoms with Crippen molar-refractivity contribution in [3.63, 3.8) is 0 Å². The molecule has 2 amide bonds. The zero-order chi connectivity index (χ0) is 19.4. The van der Waals surface area contributed by atoms with Gasteiger partial charge in [0.05, 0.1) is 17.3 Å². The van der Waals surface area contributed by atoms with Crippen LogP contribution in [0.15, 0.2) is 35.5 Å². The minimum atomic E-state index is -2.93. The number of hydrogen-bond acceptors (Lipinski definition) is 7. The number of sulfone groups is 1. The molecule has 0 unspecified atom stereocenters. The van der Waals surface area contributed by atoms with Crippen molar-refractivity contribution in [2.45, 2.75) is 18.0 Å². The second-order valence-electron chi connectivity index (χ2n) is 6.46. The first-order valence-electron chi connectivity index (χ1n) is 8.45. The number of hydrogen-bond donors (Lipinski definition) is 1. The molecule has 2 aromatic rings. The SMILES string of the molecule is Cn1c(C[C@@H]2CCS(=O)(=O)C2)nnc1SCC(=O)NC(=O)c1ccccc1. The summed E-state index contributed by atoms with van der Waals surface area (Å²) in [5, 5.41) is 11.1. The number of amides is 2. The number of rotatable bonds is 6. The van der Waals surface area contributed by atoms with Crippen LogP contribution in [0, 0.1) is 5.92 Å². The second-order valence-corrected chi connectivity index (χ2v) is 9.63. The molecule has 0 radical (unpaired) electrons. The molecule has 0 bridgehead atoms. The normalized spacial score (nSPS) is 18.3. The maximum Gasteiger partial charge on any atom is 0.257 e. The fourth-order valence-corrected chi connectivity index (χ4v) is 5.49. The minimum Gasteiger partial charge on any atom is -0.309 e. The summed E-state index contributed by atoms with van der Waals surface area (Å²) in [6.45, 7) is 0. The predicted molar refractivity (Wildman–Crippen MR) is 101 cm³/mol. The monoisotopic (exact) mass is 408 g/mol. The van der Waals surface area contributed by atoms with Crippen molar-refractivity contribution in [3.05, 3.63) is 41.7 Å². The first-order chi connectivity index (χ1) is 12.8. The smallest absolute Gasteiger partial charge is 0.257 e. The third kappa shape index (κ3) is 5.16. The standard InChI is InChI=1S/C17H20N4O4S2/c1-21-14(9-12-7-8-27(24,25)11-12)19-20-17(21)26-10-15(22)18-16(23)13-5-3-2-4-6-13/h2-6,12H,7-11H2,1H3,(H,18,22,23)/t12-/m0/s1. The van der Waals surface area contributed by atoms with Crippen LogP contribution in [0.2, 0.25) is 0 Å². The molecule has 144 valence electrons. The van der Waals surface area contributed by atoms with Crippen LogP contribution in [-0.2, 0) is 28.1 Å². The van der Waals surface area contributed by atoms with E-state index in [9.17, 15) is 18.0 Å². The van der Waals surface area contributed by atoms with Crippen LogP contribution in [0.5, 0.6) is 0 Å². The molecule has 2 heterocycles. The van der Waals surface area contributed by atoms with Gasteiger partial charge in [-0.3, -0.25) is 14.9 Å². The van der Waals surface area contributed by atoms with Gasteiger partial charge >= 0.3 is 0 Å². The average molecular weight is 409 g/mol. The summed E-state index contributed by atoms with van der Waals surface area (Å²) in [4.78, 5) is 24.0. The Morgan fingerprint density at radius 3 is 2.67 bits per heavy atom. The van der Waals surface area contributed by atoms with Gasteiger partial charge in [-0.1, -0.05) is 30.0 Å². The van der Waals surface area contributed by atoms with Crippen molar-refractivity contribution in [2.24, 2.45) is 13.0 Å². The Bertz CT molecular complexity index is 941. The molecule has 3 rings (SSSR count). The maximum atomic E-state index is 12.0. The summed E-state index contributed by atoms with van der Waals surface area (Å²) in [6.07, 6.45) is 1.18. The van der Waals surface area contributed by atoms with Crippen molar-refractivity contribution in [3.8, 4) is 0 Å². The Balaban J connectivity index is 1.52. The highest BCUT2D eigenvalue weighted by Gasteiger charge is 2.29. The molecule has 1 N–H and O–H groups in total. The van der Waals surface area contributed by atoms with Crippen LogP contribution in [0.3, 0.4) is 0 Å². The Hall–Kier alpha value is -2.20. The molecule has 10 heteroatoms. The maximum absolute atomic E-state index is 12.0. The highest BCUT2D eigenvalue weighted by molar-refractivity contribution is 7.99. The van der Waals surface area contributed by atoms with Crippen molar-refractivity contribution < 1.29 is 18.0 Å². The van der Waals surface area contributed by atoms with E-state index in [1.807, 2.05) is 0 Å². The van der Waals surface area contributed by atoms with Gasteiger partial charge in [0.15, 0.2) is 15.0 Å². The highest BCUT2D eigenvalue weighted by atomic mass is 32.2. The zero-order valence-electron chi connectivity index (χ0n) is 14.8. The van der Waals surface area contributed by atoms with Gasteiger partial charge in [0, 0.05) is 19.0 Å².